The van der Waals surface area contributed by atoms with E-state index in [1.54, 1.807) is 6.26 Å². The van der Waals surface area contributed by atoms with Gasteiger partial charge in [-0.05, 0) is 38.6 Å². The number of nitrogens with zero attached hydrogens (tertiary/aromatic N) is 5. The van der Waals surface area contributed by atoms with Crippen molar-refractivity contribution in [2.75, 3.05) is 39.3 Å². The lowest BCUT2D eigenvalue weighted by atomic mass is 10.2. The Bertz CT molecular complexity index is 712. The fourth-order valence-electron chi connectivity index (χ4n) is 3.59. The molecule has 0 bridgehead atoms. The Morgan fingerprint density at radius 1 is 1.39 bits per heavy atom. The van der Waals surface area contributed by atoms with Gasteiger partial charge in [-0.2, -0.15) is 5.10 Å². The number of guanidine groups is 1. The van der Waals surface area contributed by atoms with Gasteiger partial charge >= 0.3 is 0 Å². The van der Waals surface area contributed by atoms with E-state index in [2.05, 4.69) is 51.1 Å². The van der Waals surface area contributed by atoms with Crippen molar-refractivity contribution in [3.63, 3.8) is 0 Å². The number of aliphatic imine (C=N–C) groups is 1. The summed E-state index contributed by atoms with van der Waals surface area (Å²) >= 11 is 0. The van der Waals surface area contributed by atoms with E-state index in [1.165, 1.54) is 6.42 Å². The normalized spacial score (nSPS) is 17.2. The summed E-state index contributed by atoms with van der Waals surface area (Å²) in [6.07, 6.45) is 3.54. The van der Waals surface area contributed by atoms with Gasteiger partial charge in [-0.1, -0.05) is 13.8 Å². The zero-order valence-electron chi connectivity index (χ0n) is 17.0. The van der Waals surface area contributed by atoms with Crippen molar-refractivity contribution in [3.8, 4) is 11.6 Å². The van der Waals surface area contributed by atoms with E-state index < -0.39 is 0 Å². The van der Waals surface area contributed by atoms with Crippen LogP contribution in [0.25, 0.3) is 11.6 Å². The first kappa shape index (κ1) is 22.7. The molecule has 1 aliphatic rings. The molecule has 1 atom stereocenters. The zero-order chi connectivity index (χ0) is 19.1. The highest BCUT2D eigenvalue weighted by molar-refractivity contribution is 14.0. The standard InChI is InChI=1S/C19H31N7O.HI/c1-4-20-19(26-12-10-15(14-26)25(5-2)6-3)21-11-9-17-22-18(24-23-17)16-8-7-13-27-16;/h7-8,13,15H,4-6,9-12,14H2,1-3H3,(H,20,21)(H,22,23,24);1H. The molecule has 1 saturated heterocycles. The van der Waals surface area contributed by atoms with E-state index in [0.29, 0.717) is 24.2 Å². The predicted molar refractivity (Wildman–Crippen MR) is 122 cm³/mol. The molecule has 0 amide bonds. The van der Waals surface area contributed by atoms with E-state index in [-0.39, 0.29) is 24.0 Å². The number of nitrogens with one attached hydrogen (secondary N) is 2. The second-order valence-electron chi connectivity index (χ2n) is 6.68. The number of H-pyrrole nitrogens is 1. The Balaban J connectivity index is 0.00000280. The molecular formula is C19H32IN7O. The van der Waals surface area contributed by atoms with Crippen molar-refractivity contribution in [1.29, 1.82) is 0 Å². The number of aromatic nitrogens is 3. The van der Waals surface area contributed by atoms with Gasteiger partial charge in [0.05, 0.1) is 6.26 Å². The first-order valence-corrected chi connectivity index (χ1v) is 9.97. The topological polar surface area (TPSA) is 85.6 Å². The molecule has 28 heavy (non-hydrogen) atoms. The van der Waals surface area contributed by atoms with Crippen LogP contribution in [0.1, 0.15) is 33.0 Å². The molecule has 0 aromatic carbocycles. The molecule has 2 aromatic rings. The number of rotatable bonds is 8. The molecular weight excluding hydrogens is 469 g/mol. The molecule has 2 aromatic heterocycles. The Morgan fingerprint density at radius 3 is 2.89 bits per heavy atom. The summed E-state index contributed by atoms with van der Waals surface area (Å²) in [5.41, 5.74) is 0. The summed E-state index contributed by atoms with van der Waals surface area (Å²) in [6, 6.07) is 4.31. The summed E-state index contributed by atoms with van der Waals surface area (Å²) in [4.78, 5) is 14.2. The van der Waals surface area contributed by atoms with Gasteiger partial charge in [0.25, 0.3) is 0 Å². The van der Waals surface area contributed by atoms with Crippen LogP contribution in [-0.2, 0) is 6.42 Å². The Labute approximate surface area is 184 Å². The Hall–Kier alpha value is -1.62. The van der Waals surface area contributed by atoms with Crippen molar-refractivity contribution in [3.05, 3.63) is 24.2 Å². The number of hydrogen-bond acceptors (Lipinski definition) is 5. The monoisotopic (exact) mass is 501 g/mol. The fraction of sp³-hybridized carbons (Fsp3) is 0.632. The zero-order valence-corrected chi connectivity index (χ0v) is 19.3. The third kappa shape index (κ3) is 5.69. The molecule has 0 radical (unpaired) electrons. The largest absolute Gasteiger partial charge is 0.461 e. The van der Waals surface area contributed by atoms with Gasteiger partial charge in [0.1, 0.15) is 5.82 Å². The van der Waals surface area contributed by atoms with Gasteiger partial charge < -0.3 is 14.6 Å². The van der Waals surface area contributed by atoms with Gasteiger partial charge in [-0.15, -0.1) is 24.0 Å². The average Bonchev–Trinajstić information content (AvgIpc) is 3.43. The maximum Gasteiger partial charge on any atom is 0.216 e. The molecule has 8 nitrogen and oxygen atoms in total. The van der Waals surface area contributed by atoms with Gasteiger partial charge in [0.2, 0.25) is 5.82 Å². The number of likely N-dealkylation sites (N-methyl/N-ethyl adjacent to an activating group) is 1. The summed E-state index contributed by atoms with van der Waals surface area (Å²) in [5, 5.41) is 10.6. The van der Waals surface area contributed by atoms with Crippen molar-refractivity contribution in [2.24, 2.45) is 4.99 Å². The highest BCUT2D eigenvalue weighted by Crippen LogP contribution is 2.16. The first-order chi connectivity index (χ1) is 13.2. The van der Waals surface area contributed by atoms with E-state index in [0.717, 1.165) is 50.9 Å². The van der Waals surface area contributed by atoms with Crippen molar-refractivity contribution < 1.29 is 4.42 Å². The molecule has 9 heteroatoms. The lowest BCUT2D eigenvalue weighted by molar-refractivity contribution is 0.223. The van der Waals surface area contributed by atoms with Crippen LogP contribution in [0.5, 0.6) is 0 Å². The molecule has 0 saturated carbocycles. The minimum atomic E-state index is 0. The van der Waals surface area contributed by atoms with Crippen LogP contribution in [0.4, 0.5) is 0 Å². The number of likely N-dealkylation sites (tertiary alicyclic amines) is 1. The summed E-state index contributed by atoms with van der Waals surface area (Å²) < 4.78 is 5.33. The van der Waals surface area contributed by atoms with E-state index in [9.17, 15) is 0 Å². The second kappa shape index (κ2) is 11.4. The molecule has 1 unspecified atom stereocenters. The molecule has 156 valence electrons. The number of furan rings is 1. The minimum Gasteiger partial charge on any atom is -0.461 e. The van der Waals surface area contributed by atoms with Crippen LogP contribution < -0.4 is 5.32 Å². The number of aromatic amines is 1. The SMILES string of the molecule is CCNC(=NCCc1nc(-c2ccco2)n[nH]1)N1CCC(N(CC)CC)C1.I. The molecule has 1 aliphatic heterocycles. The van der Waals surface area contributed by atoms with Gasteiger partial charge in [0, 0.05) is 38.6 Å². The Kier molecular flexibility index (Phi) is 9.23. The van der Waals surface area contributed by atoms with Crippen LogP contribution in [-0.4, -0.2) is 76.3 Å². The maximum atomic E-state index is 5.33. The van der Waals surface area contributed by atoms with E-state index in [4.69, 9.17) is 9.41 Å². The average molecular weight is 501 g/mol. The van der Waals surface area contributed by atoms with Crippen molar-refractivity contribution in [1.82, 2.24) is 30.3 Å². The maximum absolute atomic E-state index is 5.33. The van der Waals surface area contributed by atoms with Crippen LogP contribution in [0.2, 0.25) is 0 Å². The van der Waals surface area contributed by atoms with Crippen LogP contribution >= 0.6 is 24.0 Å². The van der Waals surface area contributed by atoms with Crippen LogP contribution in [0, 0.1) is 0 Å². The van der Waals surface area contributed by atoms with Gasteiger partial charge in [-0.3, -0.25) is 15.0 Å². The van der Waals surface area contributed by atoms with Crippen molar-refractivity contribution >= 4 is 29.9 Å². The molecule has 3 rings (SSSR count). The Morgan fingerprint density at radius 2 is 2.21 bits per heavy atom. The van der Waals surface area contributed by atoms with Gasteiger partial charge in [-0.25, -0.2) is 4.98 Å². The quantitative estimate of drug-likeness (QED) is 0.329. The lowest BCUT2D eigenvalue weighted by Crippen LogP contribution is -2.43. The summed E-state index contributed by atoms with van der Waals surface area (Å²) in [6.45, 7) is 12.4. The molecule has 3 heterocycles. The summed E-state index contributed by atoms with van der Waals surface area (Å²) in [7, 11) is 0. The number of hydrogen-bond donors (Lipinski definition) is 2. The second-order valence-corrected chi connectivity index (χ2v) is 6.68. The molecule has 1 fully saturated rings. The first-order valence-electron chi connectivity index (χ1n) is 9.97. The molecule has 2 N–H and O–H groups in total. The summed E-state index contributed by atoms with van der Waals surface area (Å²) in [5.74, 6) is 3.09. The van der Waals surface area contributed by atoms with E-state index >= 15 is 0 Å². The minimum absolute atomic E-state index is 0. The lowest BCUT2D eigenvalue weighted by Gasteiger charge is -2.27. The predicted octanol–water partition coefficient (Wildman–Crippen LogP) is 2.61. The fourth-order valence-corrected chi connectivity index (χ4v) is 3.59. The smallest absolute Gasteiger partial charge is 0.216 e. The molecule has 0 spiro atoms. The highest BCUT2D eigenvalue weighted by atomic mass is 127. The van der Waals surface area contributed by atoms with Gasteiger partial charge in [0.15, 0.2) is 11.7 Å². The highest BCUT2D eigenvalue weighted by Gasteiger charge is 2.27. The van der Waals surface area contributed by atoms with Crippen molar-refractivity contribution in [2.45, 2.75) is 39.7 Å². The third-order valence-electron chi connectivity index (χ3n) is 5.01. The third-order valence-corrected chi connectivity index (χ3v) is 5.01. The number of halogens is 1. The van der Waals surface area contributed by atoms with E-state index in [1.807, 2.05) is 12.1 Å². The van der Waals surface area contributed by atoms with Crippen LogP contribution in [0.15, 0.2) is 27.8 Å². The molecule has 0 aliphatic carbocycles. The van der Waals surface area contributed by atoms with Crippen LogP contribution in [0.3, 0.4) is 0 Å².